The van der Waals surface area contributed by atoms with Gasteiger partial charge in [0.15, 0.2) is 5.60 Å². The van der Waals surface area contributed by atoms with Crippen molar-refractivity contribution in [1.82, 2.24) is 10.9 Å². The Kier molecular flexibility index (Phi) is 5.78. The van der Waals surface area contributed by atoms with Gasteiger partial charge in [-0.05, 0) is 50.2 Å². The molecule has 0 aromatic heterocycles. The van der Waals surface area contributed by atoms with E-state index in [4.69, 9.17) is 16.3 Å². The molecule has 0 unspecified atom stereocenters. The van der Waals surface area contributed by atoms with Gasteiger partial charge in [-0.3, -0.25) is 30.6 Å². The van der Waals surface area contributed by atoms with Gasteiger partial charge < -0.3 is 4.74 Å². The van der Waals surface area contributed by atoms with Gasteiger partial charge in [0.2, 0.25) is 0 Å². The highest BCUT2D eigenvalue weighted by Gasteiger charge is 2.30. The lowest BCUT2D eigenvalue weighted by atomic mass is 10.1. The van der Waals surface area contributed by atoms with Gasteiger partial charge in [-0.25, -0.2) is 0 Å². The van der Waals surface area contributed by atoms with Crippen molar-refractivity contribution in [3.63, 3.8) is 0 Å². The Morgan fingerprint density at radius 1 is 1.04 bits per heavy atom. The van der Waals surface area contributed by atoms with E-state index in [1.165, 1.54) is 38.1 Å². The number of hydrogen-bond donors (Lipinski definition) is 2. The van der Waals surface area contributed by atoms with Crippen LogP contribution in [0.3, 0.4) is 0 Å². The van der Waals surface area contributed by atoms with Crippen molar-refractivity contribution in [3.05, 3.63) is 69.2 Å². The zero-order chi connectivity index (χ0) is 19.3. The van der Waals surface area contributed by atoms with E-state index in [1.807, 2.05) is 0 Å². The topological polar surface area (TPSA) is 111 Å². The Hall–Kier alpha value is -3.13. The number of halogens is 1. The third-order valence-corrected chi connectivity index (χ3v) is 3.62. The molecule has 0 radical (unpaired) electrons. The maximum atomic E-state index is 12.2. The predicted molar refractivity (Wildman–Crippen MR) is 94.9 cm³/mol. The number of non-ortho nitro benzene ring substituents is 1. The quantitative estimate of drug-likeness (QED) is 0.614. The van der Waals surface area contributed by atoms with Gasteiger partial charge in [0.1, 0.15) is 5.75 Å². The summed E-state index contributed by atoms with van der Waals surface area (Å²) in [6, 6.07) is 11.5. The molecule has 0 atom stereocenters. The molecule has 0 aliphatic rings. The van der Waals surface area contributed by atoms with Crippen LogP contribution < -0.4 is 15.6 Å². The highest BCUT2D eigenvalue weighted by molar-refractivity contribution is 6.30. The highest BCUT2D eigenvalue weighted by Crippen LogP contribution is 2.21. The van der Waals surface area contributed by atoms with E-state index >= 15 is 0 Å². The van der Waals surface area contributed by atoms with Crippen molar-refractivity contribution in [2.45, 2.75) is 19.4 Å². The van der Waals surface area contributed by atoms with E-state index in [0.717, 1.165) is 0 Å². The van der Waals surface area contributed by atoms with Gasteiger partial charge in [-0.15, -0.1) is 0 Å². The molecule has 26 heavy (non-hydrogen) atoms. The number of carbonyl (C=O) groups is 2. The first-order valence-corrected chi connectivity index (χ1v) is 7.86. The lowest BCUT2D eigenvalue weighted by Crippen LogP contribution is -2.53. The van der Waals surface area contributed by atoms with Crippen LogP contribution >= 0.6 is 11.6 Å². The minimum absolute atomic E-state index is 0.136. The van der Waals surface area contributed by atoms with Crippen LogP contribution in [-0.2, 0) is 4.79 Å². The smallest absolute Gasteiger partial charge is 0.281 e. The first-order valence-electron chi connectivity index (χ1n) is 7.49. The molecule has 2 rings (SSSR count). The highest BCUT2D eigenvalue weighted by atomic mass is 35.5. The van der Waals surface area contributed by atoms with Crippen LogP contribution in [0.1, 0.15) is 24.2 Å². The van der Waals surface area contributed by atoms with E-state index in [9.17, 15) is 19.7 Å². The number of hydrogen-bond acceptors (Lipinski definition) is 5. The molecule has 0 saturated carbocycles. The first kappa shape index (κ1) is 19.2. The van der Waals surface area contributed by atoms with Crippen LogP contribution in [0.4, 0.5) is 5.69 Å². The molecule has 0 bridgehead atoms. The number of ether oxygens (including phenoxy) is 1. The van der Waals surface area contributed by atoms with E-state index in [-0.39, 0.29) is 11.3 Å². The zero-order valence-corrected chi connectivity index (χ0v) is 14.7. The average Bonchev–Trinajstić information content (AvgIpc) is 2.61. The molecule has 0 saturated heterocycles. The molecular weight excluding hydrogens is 362 g/mol. The molecule has 8 nitrogen and oxygen atoms in total. The lowest BCUT2D eigenvalue weighted by molar-refractivity contribution is -0.384. The number of amides is 2. The van der Waals surface area contributed by atoms with Gasteiger partial charge >= 0.3 is 0 Å². The number of hydrazine groups is 1. The van der Waals surface area contributed by atoms with Crippen molar-refractivity contribution >= 4 is 29.1 Å². The normalized spacial score (nSPS) is 10.7. The van der Waals surface area contributed by atoms with E-state index in [1.54, 1.807) is 24.3 Å². The summed E-state index contributed by atoms with van der Waals surface area (Å²) in [7, 11) is 0. The van der Waals surface area contributed by atoms with Crippen LogP contribution in [0, 0.1) is 10.1 Å². The summed E-state index contributed by atoms with van der Waals surface area (Å²) in [6.45, 7) is 3.07. The third-order valence-electron chi connectivity index (χ3n) is 3.36. The van der Waals surface area contributed by atoms with Crippen LogP contribution in [-0.4, -0.2) is 22.3 Å². The minimum atomic E-state index is -1.27. The number of benzene rings is 2. The number of nitrogens with zero attached hydrogens (tertiary/aromatic N) is 1. The summed E-state index contributed by atoms with van der Waals surface area (Å²) in [6.07, 6.45) is 0. The third kappa shape index (κ3) is 4.93. The number of carbonyl (C=O) groups excluding carboxylic acids is 2. The number of nitro groups is 1. The second kappa shape index (κ2) is 7.83. The average molecular weight is 378 g/mol. The van der Waals surface area contributed by atoms with Crippen molar-refractivity contribution in [3.8, 4) is 5.75 Å². The molecule has 0 heterocycles. The maximum Gasteiger partial charge on any atom is 0.281 e. The summed E-state index contributed by atoms with van der Waals surface area (Å²) in [5.41, 5.74) is 3.26. The van der Waals surface area contributed by atoms with Crippen molar-refractivity contribution < 1.29 is 19.2 Å². The number of nitrogens with one attached hydrogen (secondary N) is 2. The fraction of sp³-hybridized carbons (Fsp3) is 0.176. The lowest BCUT2D eigenvalue weighted by Gasteiger charge is -2.25. The summed E-state index contributed by atoms with van der Waals surface area (Å²) in [5, 5.41) is 11.1. The summed E-state index contributed by atoms with van der Waals surface area (Å²) in [5.74, 6) is -0.755. The standard InChI is InChI=1S/C17H16ClN3O5/c1-17(2,26-14-9-5-12(18)6-10-14)16(23)20-19-15(22)11-3-7-13(8-4-11)21(24)25/h3-10H,1-2H3,(H,19,22)(H,20,23). The molecule has 0 aliphatic carbocycles. The zero-order valence-electron chi connectivity index (χ0n) is 14.0. The summed E-state index contributed by atoms with van der Waals surface area (Å²) < 4.78 is 5.60. The van der Waals surface area contributed by atoms with Crippen LogP contribution in [0.5, 0.6) is 5.75 Å². The van der Waals surface area contributed by atoms with Crippen molar-refractivity contribution in [1.29, 1.82) is 0 Å². The Labute approximate surface area is 154 Å². The van der Waals surface area contributed by atoms with Crippen molar-refractivity contribution in [2.24, 2.45) is 0 Å². The predicted octanol–water partition coefficient (Wildman–Crippen LogP) is 2.87. The van der Waals surface area contributed by atoms with Crippen molar-refractivity contribution in [2.75, 3.05) is 0 Å². The molecule has 0 fully saturated rings. The van der Waals surface area contributed by atoms with Gasteiger partial charge in [0.05, 0.1) is 4.92 Å². The number of rotatable bonds is 5. The molecule has 136 valence electrons. The second-order valence-electron chi connectivity index (χ2n) is 5.78. The molecule has 0 spiro atoms. The Morgan fingerprint density at radius 3 is 2.15 bits per heavy atom. The SMILES string of the molecule is CC(C)(Oc1ccc(Cl)cc1)C(=O)NNC(=O)c1ccc([N+](=O)[O-])cc1. The van der Waals surface area contributed by atoms with Crippen LogP contribution in [0.25, 0.3) is 0 Å². The monoisotopic (exact) mass is 377 g/mol. The maximum absolute atomic E-state index is 12.2. The Balaban J connectivity index is 1.94. The summed E-state index contributed by atoms with van der Waals surface area (Å²) in [4.78, 5) is 34.3. The molecule has 2 amide bonds. The molecule has 2 N–H and O–H groups in total. The van der Waals surface area contributed by atoms with Gasteiger partial charge in [0, 0.05) is 22.7 Å². The first-order chi connectivity index (χ1) is 12.2. The van der Waals surface area contributed by atoms with E-state index in [0.29, 0.717) is 10.8 Å². The minimum Gasteiger partial charge on any atom is -0.478 e. The van der Waals surface area contributed by atoms with Gasteiger partial charge in [-0.2, -0.15) is 0 Å². The van der Waals surface area contributed by atoms with E-state index in [2.05, 4.69) is 10.9 Å². The Morgan fingerprint density at radius 2 is 1.62 bits per heavy atom. The molecule has 2 aromatic carbocycles. The molecule has 0 aliphatic heterocycles. The molecule has 2 aromatic rings. The van der Waals surface area contributed by atoms with Gasteiger partial charge in [0.25, 0.3) is 17.5 Å². The van der Waals surface area contributed by atoms with Crippen LogP contribution in [0.2, 0.25) is 5.02 Å². The summed E-state index contributed by atoms with van der Waals surface area (Å²) >= 11 is 5.80. The molecule has 9 heteroatoms. The molecular formula is C17H16ClN3O5. The Bertz CT molecular complexity index is 819. The van der Waals surface area contributed by atoms with Gasteiger partial charge in [-0.1, -0.05) is 11.6 Å². The second-order valence-corrected chi connectivity index (χ2v) is 6.21. The largest absolute Gasteiger partial charge is 0.478 e. The van der Waals surface area contributed by atoms with Crippen LogP contribution in [0.15, 0.2) is 48.5 Å². The fourth-order valence-corrected chi connectivity index (χ4v) is 2.04. The number of nitro benzene ring substituents is 1. The van der Waals surface area contributed by atoms with E-state index < -0.39 is 22.3 Å². The fourth-order valence-electron chi connectivity index (χ4n) is 1.91.